The molecule has 5 nitrogen and oxygen atoms in total. The maximum atomic E-state index is 5.79. The third-order valence-electron chi connectivity index (χ3n) is 3.50. The molecule has 0 bridgehead atoms. The van der Waals surface area contributed by atoms with Crippen molar-refractivity contribution in [1.82, 2.24) is 9.97 Å². The third-order valence-corrected chi connectivity index (χ3v) is 3.50. The molecule has 0 unspecified atom stereocenters. The second-order valence-corrected chi connectivity index (χ2v) is 5.54. The van der Waals surface area contributed by atoms with Gasteiger partial charge in [-0.25, -0.2) is 4.98 Å². The predicted octanol–water partition coefficient (Wildman–Crippen LogP) is 1.96. The zero-order chi connectivity index (χ0) is 13.5. The van der Waals surface area contributed by atoms with Gasteiger partial charge in [-0.15, -0.1) is 0 Å². The molecule has 3 rings (SSSR count). The van der Waals surface area contributed by atoms with Crippen LogP contribution >= 0.6 is 0 Å². The van der Waals surface area contributed by atoms with Gasteiger partial charge in [-0.3, -0.25) is 0 Å². The second kappa shape index (κ2) is 4.42. The molecular weight excluding hydrogens is 242 g/mol. The van der Waals surface area contributed by atoms with E-state index in [1.165, 1.54) is 0 Å². The van der Waals surface area contributed by atoms with Crippen LogP contribution in [0.15, 0.2) is 12.1 Å². The van der Waals surface area contributed by atoms with Gasteiger partial charge in [0.05, 0.1) is 24.2 Å². The largest absolute Gasteiger partial charge is 0.489 e. The standard InChI is InChI=1S/C14H19N3O2/c1-14(2,8-15)13-16-9-6-11-12(7-10(9)17-13)19-5-3-4-18-11/h6-7H,3-5,8,15H2,1-2H3,(H,16,17). The number of rotatable bonds is 2. The lowest BCUT2D eigenvalue weighted by atomic mass is 9.93. The Labute approximate surface area is 112 Å². The SMILES string of the molecule is CC(C)(CN)c1nc2cc3c(cc2[nH]1)OCCCO3. The number of hydrogen-bond acceptors (Lipinski definition) is 4. The van der Waals surface area contributed by atoms with Crippen molar-refractivity contribution in [3.8, 4) is 11.5 Å². The summed E-state index contributed by atoms with van der Waals surface area (Å²) in [6, 6.07) is 3.89. The number of hydrogen-bond donors (Lipinski definition) is 2. The molecule has 5 heteroatoms. The van der Waals surface area contributed by atoms with Crippen LogP contribution in [0.25, 0.3) is 11.0 Å². The van der Waals surface area contributed by atoms with E-state index in [1.54, 1.807) is 0 Å². The molecule has 0 saturated carbocycles. The molecule has 3 N–H and O–H groups in total. The van der Waals surface area contributed by atoms with Gasteiger partial charge in [-0.2, -0.15) is 0 Å². The predicted molar refractivity (Wildman–Crippen MR) is 73.8 cm³/mol. The van der Waals surface area contributed by atoms with Crippen LogP contribution in [0.1, 0.15) is 26.1 Å². The topological polar surface area (TPSA) is 73.2 Å². The van der Waals surface area contributed by atoms with Crippen molar-refractivity contribution < 1.29 is 9.47 Å². The van der Waals surface area contributed by atoms with Crippen LogP contribution in [0, 0.1) is 0 Å². The first-order valence-electron chi connectivity index (χ1n) is 6.60. The van der Waals surface area contributed by atoms with Gasteiger partial charge in [0, 0.05) is 30.5 Å². The first-order valence-corrected chi connectivity index (χ1v) is 6.60. The number of ether oxygens (including phenoxy) is 2. The molecule has 2 aromatic rings. The summed E-state index contributed by atoms with van der Waals surface area (Å²) < 4.78 is 11.4. The van der Waals surface area contributed by atoms with E-state index >= 15 is 0 Å². The summed E-state index contributed by atoms with van der Waals surface area (Å²) in [5, 5.41) is 0. The molecule has 1 aromatic carbocycles. The van der Waals surface area contributed by atoms with Crippen molar-refractivity contribution in [2.45, 2.75) is 25.7 Å². The van der Waals surface area contributed by atoms with Crippen LogP contribution in [-0.2, 0) is 5.41 Å². The minimum absolute atomic E-state index is 0.169. The van der Waals surface area contributed by atoms with Crippen molar-refractivity contribution in [2.24, 2.45) is 5.73 Å². The van der Waals surface area contributed by atoms with Crippen LogP contribution < -0.4 is 15.2 Å². The third kappa shape index (κ3) is 2.14. The minimum atomic E-state index is -0.169. The van der Waals surface area contributed by atoms with E-state index in [1.807, 2.05) is 12.1 Å². The Kier molecular flexibility index (Phi) is 2.86. The van der Waals surface area contributed by atoms with E-state index in [2.05, 4.69) is 23.8 Å². The summed E-state index contributed by atoms with van der Waals surface area (Å²) in [5.41, 5.74) is 7.47. The van der Waals surface area contributed by atoms with Gasteiger partial charge in [-0.05, 0) is 0 Å². The normalized spacial score (nSPS) is 15.5. The Hall–Kier alpha value is -1.75. The van der Waals surface area contributed by atoms with Crippen LogP contribution in [0.2, 0.25) is 0 Å². The smallest absolute Gasteiger partial charge is 0.163 e. The first-order chi connectivity index (χ1) is 9.10. The molecular formula is C14H19N3O2. The molecule has 0 aliphatic carbocycles. The van der Waals surface area contributed by atoms with Crippen molar-refractivity contribution in [3.05, 3.63) is 18.0 Å². The Morgan fingerprint density at radius 1 is 1.26 bits per heavy atom. The highest BCUT2D eigenvalue weighted by molar-refractivity contribution is 5.80. The molecule has 0 radical (unpaired) electrons. The molecule has 102 valence electrons. The van der Waals surface area contributed by atoms with Gasteiger partial charge >= 0.3 is 0 Å². The molecule has 0 atom stereocenters. The highest BCUT2D eigenvalue weighted by atomic mass is 16.5. The van der Waals surface area contributed by atoms with Gasteiger partial charge in [0.25, 0.3) is 0 Å². The molecule has 1 aliphatic rings. The maximum Gasteiger partial charge on any atom is 0.163 e. The van der Waals surface area contributed by atoms with E-state index < -0.39 is 0 Å². The summed E-state index contributed by atoms with van der Waals surface area (Å²) in [4.78, 5) is 7.95. The van der Waals surface area contributed by atoms with E-state index in [0.29, 0.717) is 19.8 Å². The number of nitrogens with two attached hydrogens (primary N) is 1. The summed E-state index contributed by atoms with van der Waals surface area (Å²) >= 11 is 0. The fourth-order valence-corrected chi connectivity index (χ4v) is 2.08. The van der Waals surface area contributed by atoms with Crippen LogP contribution in [0.5, 0.6) is 11.5 Å². The maximum absolute atomic E-state index is 5.79. The quantitative estimate of drug-likeness (QED) is 0.866. The van der Waals surface area contributed by atoms with Crippen molar-refractivity contribution in [2.75, 3.05) is 19.8 Å². The lowest BCUT2D eigenvalue weighted by molar-refractivity contribution is 0.297. The van der Waals surface area contributed by atoms with Crippen LogP contribution in [0.3, 0.4) is 0 Å². The average molecular weight is 261 g/mol. The Morgan fingerprint density at radius 3 is 2.63 bits per heavy atom. The zero-order valence-electron chi connectivity index (χ0n) is 11.3. The van der Waals surface area contributed by atoms with Gasteiger partial charge in [0.1, 0.15) is 5.82 Å². The van der Waals surface area contributed by atoms with Crippen LogP contribution in [0.4, 0.5) is 0 Å². The fraction of sp³-hybridized carbons (Fsp3) is 0.500. The van der Waals surface area contributed by atoms with Gasteiger partial charge in [-0.1, -0.05) is 13.8 Å². The number of benzene rings is 1. The molecule has 19 heavy (non-hydrogen) atoms. The van der Waals surface area contributed by atoms with E-state index in [-0.39, 0.29) is 5.41 Å². The number of H-pyrrole nitrogens is 1. The van der Waals surface area contributed by atoms with Gasteiger partial charge < -0.3 is 20.2 Å². The number of nitrogens with zero attached hydrogens (tertiary/aromatic N) is 1. The van der Waals surface area contributed by atoms with Crippen molar-refractivity contribution in [3.63, 3.8) is 0 Å². The van der Waals surface area contributed by atoms with Gasteiger partial charge in [0.2, 0.25) is 0 Å². The Morgan fingerprint density at radius 2 is 1.95 bits per heavy atom. The lowest BCUT2D eigenvalue weighted by Gasteiger charge is -2.18. The summed E-state index contributed by atoms with van der Waals surface area (Å²) in [6.07, 6.45) is 0.904. The summed E-state index contributed by atoms with van der Waals surface area (Å²) in [7, 11) is 0. The highest BCUT2D eigenvalue weighted by Gasteiger charge is 2.23. The lowest BCUT2D eigenvalue weighted by Crippen LogP contribution is -2.29. The summed E-state index contributed by atoms with van der Waals surface area (Å²) in [5.74, 6) is 2.45. The van der Waals surface area contributed by atoms with Crippen LogP contribution in [-0.4, -0.2) is 29.7 Å². The number of imidazole rings is 1. The van der Waals surface area contributed by atoms with Crippen molar-refractivity contribution >= 4 is 11.0 Å². The van der Waals surface area contributed by atoms with E-state index in [0.717, 1.165) is 34.8 Å². The molecule has 1 aromatic heterocycles. The number of aromatic amines is 1. The second-order valence-electron chi connectivity index (χ2n) is 5.54. The molecule has 2 heterocycles. The van der Waals surface area contributed by atoms with Gasteiger partial charge in [0.15, 0.2) is 11.5 Å². The number of nitrogens with one attached hydrogen (secondary N) is 1. The average Bonchev–Trinajstić information content (AvgIpc) is 2.68. The molecule has 1 aliphatic heterocycles. The van der Waals surface area contributed by atoms with E-state index in [4.69, 9.17) is 15.2 Å². The minimum Gasteiger partial charge on any atom is -0.489 e. The molecule has 0 fully saturated rings. The fourth-order valence-electron chi connectivity index (χ4n) is 2.08. The molecule has 0 spiro atoms. The Bertz CT molecular complexity index is 561. The highest BCUT2D eigenvalue weighted by Crippen LogP contribution is 2.34. The first kappa shape index (κ1) is 12.3. The van der Waals surface area contributed by atoms with E-state index in [9.17, 15) is 0 Å². The molecule has 0 saturated heterocycles. The molecule has 0 amide bonds. The monoisotopic (exact) mass is 261 g/mol. The summed E-state index contributed by atoms with van der Waals surface area (Å²) in [6.45, 7) is 6.06. The number of aromatic nitrogens is 2. The Balaban J connectivity index is 2.09. The number of fused-ring (bicyclic) bond motifs is 2. The van der Waals surface area contributed by atoms with Crippen molar-refractivity contribution in [1.29, 1.82) is 0 Å². The zero-order valence-corrected chi connectivity index (χ0v) is 11.3.